The molecule has 0 atom stereocenters. The SMILES string of the molecule is COc1ccc(CNc2nc(Cl)nc3c(NCc4ccc(OC)c(OC)c4)nc(Cl)nc23)cc1OC. The highest BCUT2D eigenvalue weighted by Crippen LogP contribution is 2.31. The number of ether oxygens (including phenoxy) is 4. The van der Waals surface area contributed by atoms with E-state index in [9.17, 15) is 0 Å². The fourth-order valence-electron chi connectivity index (χ4n) is 3.56. The molecular weight excluding hydrogens is 507 g/mol. The van der Waals surface area contributed by atoms with Crippen molar-refractivity contribution in [2.24, 2.45) is 0 Å². The monoisotopic (exact) mass is 530 g/mol. The van der Waals surface area contributed by atoms with Gasteiger partial charge in [-0.2, -0.15) is 9.97 Å². The lowest BCUT2D eigenvalue weighted by atomic mass is 10.2. The third-order valence-electron chi connectivity index (χ3n) is 5.30. The Balaban J connectivity index is 1.61. The van der Waals surface area contributed by atoms with E-state index in [1.54, 1.807) is 28.4 Å². The summed E-state index contributed by atoms with van der Waals surface area (Å²) in [6.07, 6.45) is 0. The van der Waals surface area contributed by atoms with Crippen LogP contribution in [0.4, 0.5) is 11.6 Å². The predicted molar refractivity (Wildman–Crippen MR) is 139 cm³/mol. The van der Waals surface area contributed by atoms with Crippen LogP contribution in [0.25, 0.3) is 11.0 Å². The second-order valence-electron chi connectivity index (χ2n) is 7.47. The summed E-state index contributed by atoms with van der Waals surface area (Å²) in [6, 6.07) is 11.2. The van der Waals surface area contributed by atoms with Crippen LogP contribution in [0.15, 0.2) is 36.4 Å². The van der Waals surface area contributed by atoms with Crippen LogP contribution in [0, 0.1) is 0 Å². The molecule has 0 fully saturated rings. The van der Waals surface area contributed by atoms with Crippen molar-refractivity contribution in [3.63, 3.8) is 0 Å². The lowest BCUT2D eigenvalue weighted by Crippen LogP contribution is -2.08. The zero-order valence-electron chi connectivity index (χ0n) is 20.1. The largest absolute Gasteiger partial charge is 0.493 e. The molecule has 188 valence electrons. The molecule has 0 saturated carbocycles. The third-order valence-corrected chi connectivity index (χ3v) is 5.64. The highest BCUT2D eigenvalue weighted by molar-refractivity contribution is 6.30. The normalized spacial score (nSPS) is 10.7. The number of nitrogens with zero attached hydrogens (tertiary/aromatic N) is 4. The van der Waals surface area contributed by atoms with Gasteiger partial charge < -0.3 is 29.6 Å². The number of nitrogens with one attached hydrogen (secondary N) is 2. The molecule has 2 N–H and O–H groups in total. The number of hydrogen-bond acceptors (Lipinski definition) is 10. The highest BCUT2D eigenvalue weighted by atomic mass is 35.5. The Kier molecular flexibility index (Phi) is 7.97. The Morgan fingerprint density at radius 1 is 0.583 bits per heavy atom. The molecule has 2 aromatic carbocycles. The van der Waals surface area contributed by atoms with Crippen molar-refractivity contribution in [3.8, 4) is 23.0 Å². The van der Waals surface area contributed by atoms with Gasteiger partial charge in [-0.05, 0) is 58.6 Å². The number of anilines is 2. The molecule has 0 unspecified atom stereocenters. The summed E-state index contributed by atoms with van der Waals surface area (Å²) in [6.45, 7) is 0.831. The topological polar surface area (TPSA) is 113 Å². The molecule has 4 rings (SSSR count). The summed E-state index contributed by atoms with van der Waals surface area (Å²) < 4.78 is 21.4. The van der Waals surface area contributed by atoms with Gasteiger partial charge in [-0.25, -0.2) is 9.97 Å². The second-order valence-corrected chi connectivity index (χ2v) is 8.14. The first kappa shape index (κ1) is 25.3. The van der Waals surface area contributed by atoms with E-state index in [1.165, 1.54) is 0 Å². The Morgan fingerprint density at radius 2 is 0.972 bits per heavy atom. The zero-order chi connectivity index (χ0) is 25.7. The third kappa shape index (κ3) is 5.55. The van der Waals surface area contributed by atoms with E-state index >= 15 is 0 Å². The van der Waals surface area contributed by atoms with Crippen molar-refractivity contribution in [2.45, 2.75) is 13.1 Å². The molecule has 0 aliphatic carbocycles. The lowest BCUT2D eigenvalue weighted by molar-refractivity contribution is 0.354. The highest BCUT2D eigenvalue weighted by Gasteiger charge is 2.16. The first-order valence-electron chi connectivity index (χ1n) is 10.8. The van der Waals surface area contributed by atoms with Crippen LogP contribution in [-0.4, -0.2) is 48.4 Å². The lowest BCUT2D eigenvalue weighted by Gasteiger charge is -2.14. The molecule has 36 heavy (non-hydrogen) atoms. The molecule has 10 nitrogen and oxygen atoms in total. The molecule has 0 spiro atoms. The standard InChI is InChI=1S/C24H24Cl2N6O4/c1-33-15-7-5-13(9-17(15)35-3)11-27-21-19-20(30-23(25)31-21)22(32-24(26)29-19)28-12-14-6-8-16(34-2)18(10-14)36-4/h5-10H,11-12H2,1-4H3,(H,27,30,31)(H,28,29,32). The number of benzene rings is 2. The van der Waals surface area contributed by atoms with E-state index in [0.717, 1.165) is 11.1 Å². The molecule has 12 heteroatoms. The van der Waals surface area contributed by atoms with E-state index in [4.69, 9.17) is 42.1 Å². The van der Waals surface area contributed by atoms with E-state index in [-0.39, 0.29) is 10.6 Å². The molecule has 0 radical (unpaired) electrons. The first-order valence-corrected chi connectivity index (χ1v) is 11.5. The smallest absolute Gasteiger partial charge is 0.225 e. The van der Waals surface area contributed by atoms with Crippen molar-refractivity contribution in [2.75, 3.05) is 39.1 Å². The van der Waals surface area contributed by atoms with Crippen molar-refractivity contribution in [1.29, 1.82) is 0 Å². The van der Waals surface area contributed by atoms with Gasteiger partial charge in [0.15, 0.2) is 34.6 Å². The van der Waals surface area contributed by atoms with Crippen LogP contribution in [0.5, 0.6) is 23.0 Å². The van der Waals surface area contributed by atoms with Crippen LogP contribution in [0.2, 0.25) is 10.6 Å². The Labute approximate surface area is 217 Å². The molecule has 0 aliphatic heterocycles. The van der Waals surface area contributed by atoms with Gasteiger partial charge in [0.25, 0.3) is 0 Å². The maximum Gasteiger partial charge on any atom is 0.225 e. The Morgan fingerprint density at radius 3 is 1.33 bits per heavy atom. The van der Waals surface area contributed by atoms with Crippen LogP contribution >= 0.6 is 23.2 Å². The molecule has 2 heterocycles. The van der Waals surface area contributed by atoms with Gasteiger partial charge in [-0.15, -0.1) is 0 Å². The minimum Gasteiger partial charge on any atom is -0.493 e. The van der Waals surface area contributed by atoms with E-state index < -0.39 is 0 Å². The van der Waals surface area contributed by atoms with Crippen molar-refractivity contribution in [3.05, 3.63) is 58.1 Å². The molecule has 4 aromatic rings. The van der Waals surface area contributed by atoms with Crippen LogP contribution in [-0.2, 0) is 13.1 Å². The average molecular weight is 531 g/mol. The number of halogens is 2. The molecule has 0 bridgehead atoms. The van der Waals surface area contributed by atoms with E-state index in [0.29, 0.717) is 58.8 Å². The Hall–Kier alpha value is -3.76. The fraction of sp³-hybridized carbons (Fsp3) is 0.250. The van der Waals surface area contributed by atoms with Gasteiger partial charge in [0.2, 0.25) is 10.6 Å². The van der Waals surface area contributed by atoms with Gasteiger partial charge in [0.05, 0.1) is 28.4 Å². The summed E-state index contributed by atoms with van der Waals surface area (Å²) in [5.41, 5.74) is 2.72. The first-order chi connectivity index (χ1) is 17.4. The second kappa shape index (κ2) is 11.3. The van der Waals surface area contributed by atoms with Gasteiger partial charge in [-0.3, -0.25) is 0 Å². The fourth-order valence-corrected chi connectivity index (χ4v) is 3.90. The molecule has 0 amide bonds. The summed E-state index contributed by atoms with van der Waals surface area (Å²) in [7, 11) is 6.35. The molecule has 2 aromatic heterocycles. The van der Waals surface area contributed by atoms with Gasteiger partial charge in [0, 0.05) is 13.1 Å². The minimum atomic E-state index is 0.0393. The summed E-state index contributed by atoms with van der Waals surface area (Å²) in [5, 5.41) is 6.58. The molecule has 0 saturated heterocycles. The summed E-state index contributed by atoms with van der Waals surface area (Å²) in [4.78, 5) is 17.3. The number of aromatic nitrogens is 4. The zero-order valence-corrected chi connectivity index (χ0v) is 21.6. The van der Waals surface area contributed by atoms with Gasteiger partial charge in [0.1, 0.15) is 11.0 Å². The minimum absolute atomic E-state index is 0.0393. The Bertz CT molecular complexity index is 1280. The quantitative estimate of drug-likeness (QED) is 0.272. The predicted octanol–water partition coefficient (Wildman–Crippen LogP) is 4.99. The van der Waals surface area contributed by atoms with Gasteiger partial charge >= 0.3 is 0 Å². The summed E-state index contributed by atoms with van der Waals surface area (Å²) in [5.74, 6) is 3.35. The van der Waals surface area contributed by atoms with E-state index in [2.05, 4.69) is 30.6 Å². The van der Waals surface area contributed by atoms with E-state index in [1.807, 2.05) is 36.4 Å². The van der Waals surface area contributed by atoms with Crippen LogP contribution in [0.3, 0.4) is 0 Å². The summed E-state index contributed by atoms with van der Waals surface area (Å²) >= 11 is 12.5. The van der Waals surface area contributed by atoms with Crippen molar-refractivity contribution in [1.82, 2.24) is 19.9 Å². The number of methoxy groups -OCH3 is 4. The molecule has 0 aliphatic rings. The van der Waals surface area contributed by atoms with Crippen LogP contribution < -0.4 is 29.6 Å². The van der Waals surface area contributed by atoms with Crippen molar-refractivity contribution >= 4 is 45.9 Å². The van der Waals surface area contributed by atoms with Gasteiger partial charge in [-0.1, -0.05) is 12.1 Å². The van der Waals surface area contributed by atoms with Crippen LogP contribution in [0.1, 0.15) is 11.1 Å². The maximum absolute atomic E-state index is 6.25. The maximum atomic E-state index is 6.25. The van der Waals surface area contributed by atoms with Crippen molar-refractivity contribution < 1.29 is 18.9 Å². The number of hydrogen-bond donors (Lipinski definition) is 2. The number of fused-ring (bicyclic) bond motifs is 1. The average Bonchev–Trinajstić information content (AvgIpc) is 2.90. The number of rotatable bonds is 10. The molecular formula is C24H24Cl2N6O4.